The Morgan fingerprint density at radius 3 is 2.69 bits per heavy atom. The number of halogens is 2. The Morgan fingerprint density at radius 1 is 1.38 bits per heavy atom. The molecule has 1 rings (SSSR count). The van der Waals surface area contributed by atoms with Gasteiger partial charge in [0.15, 0.2) is 0 Å². The van der Waals surface area contributed by atoms with E-state index in [1.807, 2.05) is 18.2 Å². The average molecular weight is 308 g/mol. The number of hydrogen-bond acceptors (Lipinski definition) is 2. The van der Waals surface area contributed by atoms with Gasteiger partial charge in [-0.2, -0.15) is 0 Å². The SMILES string of the molecule is NNC(N)=Nc1cc(Br)ccc1Br. The maximum Gasteiger partial charge on any atom is 0.208 e. The topological polar surface area (TPSA) is 76.4 Å². The summed E-state index contributed by atoms with van der Waals surface area (Å²) in [6, 6.07) is 5.59. The van der Waals surface area contributed by atoms with Crippen LogP contribution in [0.15, 0.2) is 32.1 Å². The summed E-state index contributed by atoms with van der Waals surface area (Å²) in [6.07, 6.45) is 0. The Morgan fingerprint density at radius 2 is 2.08 bits per heavy atom. The van der Waals surface area contributed by atoms with Crippen molar-refractivity contribution in [3.63, 3.8) is 0 Å². The Balaban J connectivity index is 3.07. The van der Waals surface area contributed by atoms with E-state index in [2.05, 4.69) is 42.3 Å². The molecule has 0 radical (unpaired) electrons. The van der Waals surface area contributed by atoms with Gasteiger partial charge in [-0.15, -0.1) is 0 Å². The van der Waals surface area contributed by atoms with Crippen molar-refractivity contribution in [2.24, 2.45) is 16.6 Å². The minimum atomic E-state index is 0.166. The lowest BCUT2D eigenvalue weighted by Gasteiger charge is -2.01. The molecule has 0 atom stereocenters. The smallest absolute Gasteiger partial charge is 0.208 e. The second kappa shape index (κ2) is 4.59. The molecule has 0 fully saturated rings. The van der Waals surface area contributed by atoms with Crippen molar-refractivity contribution in [1.29, 1.82) is 0 Å². The van der Waals surface area contributed by atoms with Gasteiger partial charge in [0, 0.05) is 8.95 Å². The van der Waals surface area contributed by atoms with E-state index in [4.69, 9.17) is 11.6 Å². The summed E-state index contributed by atoms with van der Waals surface area (Å²) in [6.45, 7) is 0. The van der Waals surface area contributed by atoms with E-state index in [9.17, 15) is 0 Å². The van der Waals surface area contributed by atoms with E-state index in [0.717, 1.165) is 8.95 Å². The number of nitrogens with two attached hydrogens (primary N) is 2. The van der Waals surface area contributed by atoms with Crippen LogP contribution in [0.2, 0.25) is 0 Å². The summed E-state index contributed by atoms with van der Waals surface area (Å²) in [5, 5.41) is 0. The molecule has 13 heavy (non-hydrogen) atoms. The minimum Gasteiger partial charge on any atom is -0.369 e. The van der Waals surface area contributed by atoms with Gasteiger partial charge in [0.1, 0.15) is 0 Å². The zero-order valence-electron chi connectivity index (χ0n) is 6.59. The molecule has 0 heterocycles. The molecule has 70 valence electrons. The molecule has 0 aliphatic heterocycles. The third kappa shape index (κ3) is 2.98. The van der Waals surface area contributed by atoms with Crippen LogP contribution in [0.4, 0.5) is 5.69 Å². The number of nitrogens with one attached hydrogen (secondary N) is 1. The molecule has 0 bridgehead atoms. The van der Waals surface area contributed by atoms with Crippen LogP contribution < -0.4 is 17.0 Å². The molecule has 0 aromatic heterocycles. The number of benzene rings is 1. The van der Waals surface area contributed by atoms with E-state index < -0.39 is 0 Å². The zero-order valence-corrected chi connectivity index (χ0v) is 9.76. The molecule has 4 nitrogen and oxygen atoms in total. The molecule has 0 saturated heterocycles. The van der Waals surface area contributed by atoms with Crippen LogP contribution in [-0.2, 0) is 0 Å². The van der Waals surface area contributed by atoms with Gasteiger partial charge in [0.05, 0.1) is 5.69 Å². The van der Waals surface area contributed by atoms with Crippen molar-refractivity contribution in [3.05, 3.63) is 27.1 Å². The van der Waals surface area contributed by atoms with E-state index in [1.165, 1.54) is 0 Å². The highest BCUT2D eigenvalue weighted by Gasteiger charge is 1.99. The number of guanidine groups is 1. The molecule has 5 N–H and O–H groups in total. The number of aliphatic imine (C=N–C) groups is 1. The summed E-state index contributed by atoms with van der Waals surface area (Å²) in [5.41, 5.74) is 8.37. The fraction of sp³-hybridized carbons (Fsp3) is 0. The molecule has 0 amide bonds. The monoisotopic (exact) mass is 306 g/mol. The summed E-state index contributed by atoms with van der Waals surface area (Å²) < 4.78 is 1.79. The molecule has 0 spiro atoms. The molecular weight excluding hydrogens is 300 g/mol. The van der Waals surface area contributed by atoms with Crippen molar-refractivity contribution in [1.82, 2.24) is 5.43 Å². The highest BCUT2D eigenvalue weighted by atomic mass is 79.9. The molecular formula is C7H8Br2N4. The fourth-order valence-electron chi connectivity index (χ4n) is 0.734. The fourth-order valence-corrected chi connectivity index (χ4v) is 1.42. The van der Waals surface area contributed by atoms with Crippen LogP contribution in [0.5, 0.6) is 0 Å². The lowest BCUT2D eigenvalue weighted by atomic mass is 10.3. The van der Waals surface area contributed by atoms with Crippen LogP contribution in [0.25, 0.3) is 0 Å². The standard InChI is InChI=1S/C7H8Br2N4/c8-4-1-2-5(9)6(3-4)12-7(10)13-11/h1-3H,11H2,(H3,10,12,13). The Hall–Kier alpha value is -0.590. The lowest BCUT2D eigenvalue weighted by molar-refractivity contribution is 1.01. The van der Waals surface area contributed by atoms with E-state index in [1.54, 1.807) is 0 Å². The van der Waals surface area contributed by atoms with Gasteiger partial charge in [-0.3, -0.25) is 5.43 Å². The third-order valence-electron chi connectivity index (χ3n) is 1.30. The van der Waals surface area contributed by atoms with Crippen molar-refractivity contribution in [2.75, 3.05) is 0 Å². The van der Waals surface area contributed by atoms with Gasteiger partial charge in [-0.05, 0) is 34.1 Å². The van der Waals surface area contributed by atoms with Crippen LogP contribution in [-0.4, -0.2) is 5.96 Å². The molecule has 1 aromatic carbocycles. The summed E-state index contributed by atoms with van der Waals surface area (Å²) in [7, 11) is 0. The van der Waals surface area contributed by atoms with Gasteiger partial charge < -0.3 is 5.73 Å². The van der Waals surface area contributed by atoms with E-state index in [-0.39, 0.29) is 5.96 Å². The number of rotatable bonds is 1. The minimum absolute atomic E-state index is 0.166. The van der Waals surface area contributed by atoms with Crippen molar-refractivity contribution >= 4 is 43.5 Å². The van der Waals surface area contributed by atoms with Gasteiger partial charge in [-0.25, -0.2) is 10.8 Å². The Bertz CT molecular complexity index is 337. The Labute approximate surface area is 92.6 Å². The predicted octanol–water partition coefficient (Wildman–Crippen LogP) is 1.62. The van der Waals surface area contributed by atoms with Crippen molar-refractivity contribution in [3.8, 4) is 0 Å². The Kier molecular flexibility index (Phi) is 3.71. The largest absolute Gasteiger partial charge is 0.369 e. The van der Waals surface area contributed by atoms with Gasteiger partial charge in [0.2, 0.25) is 5.96 Å². The maximum absolute atomic E-state index is 5.40. The molecule has 6 heteroatoms. The first-order chi connectivity index (χ1) is 6.13. The number of hydrazine groups is 1. The first kappa shape index (κ1) is 10.5. The van der Waals surface area contributed by atoms with Gasteiger partial charge in [0.25, 0.3) is 0 Å². The second-order valence-electron chi connectivity index (χ2n) is 2.24. The normalized spacial score (nSPS) is 11.5. The summed E-state index contributed by atoms with van der Waals surface area (Å²) in [5.74, 6) is 5.24. The van der Waals surface area contributed by atoms with Crippen molar-refractivity contribution in [2.45, 2.75) is 0 Å². The third-order valence-corrected chi connectivity index (χ3v) is 2.46. The molecule has 0 unspecified atom stereocenters. The van der Waals surface area contributed by atoms with Gasteiger partial charge in [-0.1, -0.05) is 15.9 Å². The van der Waals surface area contributed by atoms with E-state index >= 15 is 0 Å². The van der Waals surface area contributed by atoms with E-state index in [0.29, 0.717) is 5.69 Å². The molecule has 1 aromatic rings. The quantitative estimate of drug-likeness (QED) is 0.319. The highest BCUT2D eigenvalue weighted by molar-refractivity contribution is 9.11. The van der Waals surface area contributed by atoms with Crippen LogP contribution in [0.3, 0.4) is 0 Å². The van der Waals surface area contributed by atoms with Crippen LogP contribution >= 0.6 is 31.9 Å². The van der Waals surface area contributed by atoms with Crippen molar-refractivity contribution < 1.29 is 0 Å². The predicted molar refractivity (Wildman–Crippen MR) is 60.4 cm³/mol. The van der Waals surface area contributed by atoms with Crippen LogP contribution in [0.1, 0.15) is 0 Å². The summed E-state index contributed by atoms with van der Waals surface area (Å²) in [4.78, 5) is 4.02. The van der Waals surface area contributed by atoms with Crippen LogP contribution in [0, 0.1) is 0 Å². The molecule has 0 saturated carbocycles. The average Bonchev–Trinajstić information content (AvgIpc) is 2.11. The van der Waals surface area contributed by atoms with Gasteiger partial charge >= 0.3 is 0 Å². The number of hydrogen-bond donors (Lipinski definition) is 3. The first-order valence-corrected chi connectivity index (χ1v) is 4.98. The number of nitrogens with zero attached hydrogens (tertiary/aromatic N) is 1. The maximum atomic E-state index is 5.40. The zero-order chi connectivity index (χ0) is 9.84. The lowest BCUT2D eigenvalue weighted by Crippen LogP contribution is -2.36. The first-order valence-electron chi connectivity index (χ1n) is 3.39. The second-order valence-corrected chi connectivity index (χ2v) is 4.01. The summed E-state index contributed by atoms with van der Waals surface area (Å²) >= 11 is 6.66. The molecule has 0 aliphatic carbocycles. The molecule has 0 aliphatic rings. The highest BCUT2D eigenvalue weighted by Crippen LogP contribution is 2.28.